The lowest BCUT2D eigenvalue weighted by Crippen LogP contribution is -2.46. The standard InChI is InChI=1S/C22H25BrN2O5/c1-4-24-22(26)25-10-9-15-17(16(25)11-13-5-7-14(27-2)8-6-13)19(28-3)21-20(18(15)23)29-12-30-21/h5-8,16H,4,9-12H2,1-3H3,(H,24,26). The largest absolute Gasteiger partial charge is 0.497 e. The lowest BCUT2D eigenvalue weighted by atomic mass is 9.87. The van der Waals surface area contributed by atoms with Crippen LogP contribution in [0.4, 0.5) is 4.79 Å². The molecule has 7 nitrogen and oxygen atoms in total. The molecular formula is C22H25BrN2O5. The Kier molecular flexibility index (Phi) is 5.94. The molecule has 0 bridgehead atoms. The zero-order valence-corrected chi connectivity index (χ0v) is 18.9. The Morgan fingerprint density at radius 2 is 1.93 bits per heavy atom. The lowest BCUT2D eigenvalue weighted by Gasteiger charge is -2.39. The Morgan fingerprint density at radius 1 is 1.20 bits per heavy atom. The van der Waals surface area contributed by atoms with Crippen LogP contribution in [0.1, 0.15) is 29.7 Å². The molecule has 0 radical (unpaired) electrons. The summed E-state index contributed by atoms with van der Waals surface area (Å²) in [5, 5.41) is 2.94. The Morgan fingerprint density at radius 3 is 2.60 bits per heavy atom. The third-order valence-corrected chi connectivity index (χ3v) is 6.39. The van der Waals surface area contributed by atoms with Crippen LogP contribution in [-0.4, -0.2) is 45.0 Å². The molecular weight excluding hydrogens is 452 g/mol. The molecule has 2 aromatic carbocycles. The van der Waals surface area contributed by atoms with Gasteiger partial charge in [-0.15, -0.1) is 0 Å². The second-order valence-electron chi connectivity index (χ2n) is 7.15. The Labute approximate surface area is 184 Å². The highest BCUT2D eigenvalue weighted by Gasteiger charge is 2.39. The fourth-order valence-corrected chi connectivity index (χ4v) is 4.87. The number of methoxy groups -OCH3 is 2. The van der Waals surface area contributed by atoms with Gasteiger partial charge in [-0.25, -0.2) is 4.79 Å². The molecule has 1 N–H and O–H groups in total. The van der Waals surface area contributed by atoms with Crippen LogP contribution in [0, 0.1) is 0 Å². The molecule has 2 aliphatic rings. The van der Waals surface area contributed by atoms with Gasteiger partial charge in [0.15, 0.2) is 11.5 Å². The summed E-state index contributed by atoms with van der Waals surface area (Å²) in [5.74, 6) is 2.68. The molecule has 0 aromatic heterocycles. The van der Waals surface area contributed by atoms with Gasteiger partial charge in [-0.3, -0.25) is 0 Å². The average Bonchev–Trinajstić information content (AvgIpc) is 3.25. The number of hydrogen-bond donors (Lipinski definition) is 1. The van der Waals surface area contributed by atoms with E-state index in [1.807, 2.05) is 36.1 Å². The lowest BCUT2D eigenvalue weighted by molar-refractivity contribution is 0.165. The second-order valence-corrected chi connectivity index (χ2v) is 7.94. The van der Waals surface area contributed by atoms with Gasteiger partial charge in [0.05, 0.1) is 24.7 Å². The van der Waals surface area contributed by atoms with Crippen molar-refractivity contribution in [2.45, 2.75) is 25.8 Å². The van der Waals surface area contributed by atoms with E-state index >= 15 is 0 Å². The van der Waals surface area contributed by atoms with Gasteiger partial charge >= 0.3 is 6.03 Å². The van der Waals surface area contributed by atoms with E-state index in [-0.39, 0.29) is 18.9 Å². The highest BCUT2D eigenvalue weighted by Crippen LogP contribution is 2.54. The smallest absolute Gasteiger partial charge is 0.317 e. The van der Waals surface area contributed by atoms with Crippen LogP contribution >= 0.6 is 15.9 Å². The van der Waals surface area contributed by atoms with Crippen molar-refractivity contribution in [1.29, 1.82) is 0 Å². The predicted octanol–water partition coefficient (Wildman–Crippen LogP) is 4.07. The van der Waals surface area contributed by atoms with Gasteiger partial charge in [0.1, 0.15) is 5.75 Å². The van der Waals surface area contributed by atoms with E-state index in [9.17, 15) is 4.79 Å². The first-order valence-corrected chi connectivity index (χ1v) is 10.7. The van der Waals surface area contributed by atoms with E-state index < -0.39 is 0 Å². The number of urea groups is 1. The molecule has 2 aliphatic heterocycles. The zero-order valence-electron chi connectivity index (χ0n) is 17.3. The number of carbonyl (C=O) groups excluding carboxylic acids is 1. The highest BCUT2D eigenvalue weighted by molar-refractivity contribution is 9.10. The number of carbonyl (C=O) groups is 1. The van der Waals surface area contributed by atoms with E-state index in [0.29, 0.717) is 43.2 Å². The fourth-order valence-electron chi connectivity index (χ4n) is 4.16. The van der Waals surface area contributed by atoms with Crippen molar-refractivity contribution < 1.29 is 23.7 Å². The minimum absolute atomic E-state index is 0.0856. The zero-order chi connectivity index (χ0) is 21.3. The molecule has 2 aromatic rings. The van der Waals surface area contributed by atoms with Gasteiger partial charge in [0.2, 0.25) is 12.5 Å². The number of hydrogen-bond acceptors (Lipinski definition) is 5. The van der Waals surface area contributed by atoms with Crippen LogP contribution in [-0.2, 0) is 12.8 Å². The first kappa shape index (κ1) is 20.7. The van der Waals surface area contributed by atoms with Gasteiger partial charge in [-0.1, -0.05) is 12.1 Å². The minimum Gasteiger partial charge on any atom is -0.497 e. The van der Waals surface area contributed by atoms with Crippen LogP contribution in [0.2, 0.25) is 0 Å². The van der Waals surface area contributed by atoms with Crippen molar-refractivity contribution in [2.75, 3.05) is 34.1 Å². The predicted molar refractivity (Wildman–Crippen MR) is 116 cm³/mol. The topological polar surface area (TPSA) is 69.3 Å². The van der Waals surface area contributed by atoms with E-state index in [1.165, 1.54) is 0 Å². The molecule has 160 valence electrons. The molecule has 0 fully saturated rings. The number of benzene rings is 2. The molecule has 0 spiro atoms. The highest BCUT2D eigenvalue weighted by atomic mass is 79.9. The number of amides is 2. The maximum absolute atomic E-state index is 12.9. The molecule has 30 heavy (non-hydrogen) atoms. The summed E-state index contributed by atoms with van der Waals surface area (Å²) in [6, 6.07) is 7.62. The molecule has 0 aliphatic carbocycles. The van der Waals surface area contributed by atoms with Crippen molar-refractivity contribution in [3.8, 4) is 23.0 Å². The Balaban J connectivity index is 1.82. The van der Waals surface area contributed by atoms with Crippen molar-refractivity contribution in [3.05, 3.63) is 45.4 Å². The molecule has 2 amide bonds. The quantitative estimate of drug-likeness (QED) is 0.704. The minimum atomic E-state index is -0.213. The summed E-state index contributed by atoms with van der Waals surface area (Å²) in [4.78, 5) is 14.8. The molecule has 8 heteroatoms. The number of halogens is 1. The summed E-state index contributed by atoms with van der Waals surface area (Å²) in [5.41, 5.74) is 3.15. The van der Waals surface area contributed by atoms with Crippen molar-refractivity contribution in [2.24, 2.45) is 0 Å². The van der Waals surface area contributed by atoms with Crippen LogP contribution in [0.15, 0.2) is 28.7 Å². The van der Waals surface area contributed by atoms with E-state index in [0.717, 1.165) is 26.9 Å². The number of fused-ring (bicyclic) bond motifs is 2. The monoisotopic (exact) mass is 476 g/mol. The summed E-state index contributed by atoms with van der Waals surface area (Å²) >= 11 is 3.70. The van der Waals surface area contributed by atoms with E-state index in [1.54, 1.807) is 14.2 Å². The number of nitrogens with zero attached hydrogens (tertiary/aromatic N) is 1. The SMILES string of the molecule is CCNC(=O)N1CCc2c(Br)c3c(c(OC)c2C1Cc1ccc(OC)cc1)OCO3. The molecule has 4 rings (SSSR count). The van der Waals surface area contributed by atoms with Crippen LogP contribution in [0.25, 0.3) is 0 Å². The molecule has 2 heterocycles. The Hall–Kier alpha value is -2.61. The third-order valence-electron chi connectivity index (χ3n) is 5.55. The fraction of sp³-hybridized carbons (Fsp3) is 0.409. The number of nitrogens with one attached hydrogen (secondary N) is 1. The molecule has 0 saturated carbocycles. The van der Waals surface area contributed by atoms with Gasteiger partial charge in [-0.05, 0) is 59.0 Å². The van der Waals surface area contributed by atoms with Crippen LogP contribution in [0.3, 0.4) is 0 Å². The van der Waals surface area contributed by atoms with Gasteiger partial charge in [-0.2, -0.15) is 0 Å². The van der Waals surface area contributed by atoms with Crippen molar-refractivity contribution >= 4 is 22.0 Å². The average molecular weight is 477 g/mol. The van der Waals surface area contributed by atoms with Crippen LogP contribution < -0.4 is 24.3 Å². The third kappa shape index (κ3) is 3.53. The summed E-state index contributed by atoms with van der Waals surface area (Å²) < 4.78 is 23.4. The number of rotatable bonds is 5. The normalized spacial score (nSPS) is 16.8. The van der Waals surface area contributed by atoms with E-state index in [2.05, 4.69) is 21.2 Å². The van der Waals surface area contributed by atoms with E-state index in [4.69, 9.17) is 18.9 Å². The van der Waals surface area contributed by atoms with Crippen molar-refractivity contribution in [1.82, 2.24) is 10.2 Å². The summed E-state index contributed by atoms with van der Waals surface area (Å²) in [7, 11) is 3.27. The molecule has 1 unspecified atom stereocenters. The molecule has 0 saturated heterocycles. The van der Waals surface area contributed by atoms with Gasteiger partial charge < -0.3 is 29.2 Å². The maximum atomic E-state index is 12.9. The number of ether oxygens (including phenoxy) is 4. The maximum Gasteiger partial charge on any atom is 0.317 e. The van der Waals surface area contributed by atoms with Crippen molar-refractivity contribution in [3.63, 3.8) is 0 Å². The van der Waals surface area contributed by atoms with Crippen LogP contribution in [0.5, 0.6) is 23.0 Å². The summed E-state index contributed by atoms with van der Waals surface area (Å²) in [6.45, 7) is 3.24. The summed E-state index contributed by atoms with van der Waals surface area (Å²) in [6.07, 6.45) is 1.33. The molecule has 1 atom stereocenters. The first-order valence-electron chi connectivity index (χ1n) is 9.94. The van der Waals surface area contributed by atoms with Gasteiger partial charge in [0.25, 0.3) is 0 Å². The Bertz CT molecular complexity index is 948. The first-order chi connectivity index (χ1) is 14.6. The second kappa shape index (κ2) is 8.63. The van der Waals surface area contributed by atoms with Gasteiger partial charge in [0, 0.05) is 18.7 Å².